The van der Waals surface area contributed by atoms with Gasteiger partial charge < -0.3 is 14.4 Å². The largest absolute Gasteiger partial charge is 0.486 e. The van der Waals surface area contributed by atoms with Crippen LogP contribution in [0.15, 0.2) is 47.4 Å². The van der Waals surface area contributed by atoms with E-state index in [1.54, 1.807) is 16.7 Å². The minimum atomic E-state index is 0.0839. The summed E-state index contributed by atoms with van der Waals surface area (Å²) < 4.78 is 11.1. The van der Waals surface area contributed by atoms with Crippen LogP contribution in [-0.2, 0) is 17.8 Å². The Balaban J connectivity index is 1.61. The number of benzene rings is 2. The molecule has 0 atom stereocenters. The molecule has 2 aromatic rings. The lowest BCUT2D eigenvalue weighted by Crippen LogP contribution is -2.27. The SMILES string of the molecule is CSc1ccc(CN(C)C(=O)Cc2ccc3c(c2)OCCO3)cc1. The van der Waals surface area contributed by atoms with Crippen molar-refractivity contribution in [3.8, 4) is 11.5 Å². The molecule has 3 rings (SSSR count). The molecule has 0 fully saturated rings. The first-order valence-electron chi connectivity index (χ1n) is 7.91. The second-order valence-corrected chi connectivity index (χ2v) is 6.63. The first kappa shape index (κ1) is 16.7. The number of hydrogen-bond acceptors (Lipinski definition) is 4. The van der Waals surface area contributed by atoms with Crippen LogP contribution in [0, 0.1) is 0 Å². The van der Waals surface area contributed by atoms with Crippen LogP contribution in [0.3, 0.4) is 0 Å². The van der Waals surface area contributed by atoms with E-state index in [1.165, 1.54) is 4.90 Å². The Morgan fingerprint density at radius 2 is 1.71 bits per heavy atom. The molecule has 1 heterocycles. The van der Waals surface area contributed by atoms with Crippen molar-refractivity contribution in [2.24, 2.45) is 0 Å². The lowest BCUT2D eigenvalue weighted by molar-refractivity contribution is -0.129. The quantitative estimate of drug-likeness (QED) is 0.780. The van der Waals surface area contributed by atoms with E-state index in [0.717, 1.165) is 22.6 Å². The maximum Gasteiger partial charge on any atom is 0.227 e. The molecule has 1 amide bonds. The van der Waals surface area contributed by atoms with Gasteiger partial charge in [0.15, 0.2) is 11.5 Å². The van der Waals surface area contributed by atoms with E-state index in [9.17, 15) is 4.79 Å². The third kappa shape index (κ3) is 4.03. The van der Waals surface area contributed by atoms with E-state index in [4.69, 9.17) is 9.47 Å². The minimum Gasteiger partial charge on any atom is -0.486 e. The Hall–Kier alpha value is -2.14. The van der Waals surface area contributed by atoms with E-state index in [-0.39, 0.29) is 5.91 Å². The van der Waals surface area contributed by atoms with Crippen molar-refractivity contribution >= 4 is 17.7 Å². The van der Waals surface area contributed by atoms with Crippen LogP contribution in [0.1, 0.15) is 11.1 Å². The average Bonchev–Trinajstić information content (AvgIpc) is 2.62. The highest BCUT2D eigenvalue weighted by Gasteiger charge is 2.15. The van der Waals surface area contributed by atoms with Gasteiger partial charge in [-0.15, -0.1) is 11.8 Å². The minimum absolute atomic E-state index is 0.0839. The summed E-state index contributed by atoms with van der Waals surface area (Å²) in [7, 11) is 1.84. The Morgan fingerprint density at radius 3 is 2.42 bits per heavy atom. The summed E-state index contributed by atoms with van der Waals surface area (Å²) in [5.41, 5.74) is 2.07. The van der Waals surface area contributed by atoms with Gasteiger partial charge in [-0.25, -0.2) is 0 Å². The smallest absolute Gasteiger partial charge is 0.227 e. The average molecular weight is 343 g/mol. The zero-order chi connectivity index (χ0) is 16.9. The fourth-order valence-electron chi connectivity index (χ4n) is 2.60. The molecule has 0 N–H and O–H groups in total. The number of rotatable bonds is 5. The molecule has 0 spiro atoms. The summed E-state index contributed by atoms with van der Waals surface area (Å²) in [4.78, 5) is 15.4. The molecular weight excluding hydrogens is 322 g/mol. The first-order valence-corrected chi connectivity index (χ1v) is 9.13. The number of carbonyl (C=O) groups excluding carboxylic acids is 1. The third-order valence-electron chi connectivity index (χ3n) is 3.97. The van der Waals surface area contributed by atoms with Gasteiger partial charge in [0.2, 0.25) is 5.91 Å². The number of ether oxygens (including phenoxy) is 2. The zero-order valence-corrected chi connectivity index (χ0v) is 14.8. The first-order chi connectivity index (χ1) is 11.7. The standard InChI is InChI=1S/C19H21NO3S/c1-20(13-14-3-6-16(24-2)7-4-14)19(21)12-15-5-8-17-18(11-15)23-10-9-22-17/h3-8,11H,9-10,12-13H2,1-2H3. The number of likely N-dealkylation sites (N-methyl/N-ethyl adjacent to an activating group) is 1. The van der Waals surface area contributed by atoms with E-state index in [2.05, 4.69) is 30.5 Å². The monoisotopic (exact) mass is 343 g/mol. The van der Waals surface area contributed by atoms with E-state index < -0.39 is 0 Å². The van der Waals surface area contributed by atoms with Crippen LogP contribution in [-0.4, -0.2) is 37.3 Å². The summed E-state index contributed by atoms with van der Waals surface area (Å²) in [5.74, 6) is 1.56. The molecule has 0 saturated heterocycles. The Labute approximate surface area is 146 Å². The van der Waals surface area contributed by atoms with Gasteiger partial charge in [0.25, 0.3) is 0 Å². The van der Waals surface area contributed by atoms with Crippen LogP contribution < -0.4 is 9.47 Å². The van der Waals surface area contributed by atoms with Gasteiger partial charge in [0.05, 0.1) is 6.42 Å². The topological polar surface area (TPSA) is 38.8 Å². The van der Waals surface area contributed by atoms with Crippen molar-refractivity contribution in [1.82, 2.24) is 4.90 Å². The van der Waals surface area contributed by atoms with Gasteiger partial charge in [-0.2, -0.15) is 0 Å². The summed E-state index contributed by atoms with van der Waals surface area (Å²) >= 11 is 1.71. The van der Waals surface area contributed by atoms with Crippen molar-refractivity contribution < 1.29 is 14.3 Å². The number of nitrogens with zero attached hydrogens (tertiary/aromatic N) is 1. The van der Waals surface area contributed by atoms with Crippen molar-refractivity contribution in [2.75, 3.05) is 26.5 Å². The fraction of sp³-hybridized carbons (Fsp3) is 0.316. The molecule has 0 aromatic heterocycles. The third-order valence-corrected chi connectivity index (χ3v) is 4.71. The van der Waals surface area contributed by atoms with Crippen LogP contribution in [0.5, 0.6) is 11.5 Å². The molecule has 1 aliphatic rings. The normalized spacial score (nSPS) is 12.8. The molecule has 1 aliphatic heterocycles. The Bertz CT molecular complexity index is 715. The lowest BCUT2D eigenvalue weighted by Gasteiger charge is -2.20. The highest BCUT2D eigenvalue weighted by molar-refractivity contribution is 7.98. The summed E-state index contributed by atoms with van der Waals surface area (Å²) in [5, 5.41) is 0. The summed E-state index contributed by atoms with van der Waals surface area (Å²) in [6, 6.07) is 14.0. The highest BCUT2D eigenvalue weighted by atomic mass is 32.2. The van der Waals surface area contributed by atoms with E-state index in [0.29, 0.717) is 26.2 Å². The van der Waals surface area contributed by atoms with Crippen LogP contribution in [0.4, 0.5) is 0 Å². The van der Waals surface area contributed by atoms with Crippen molar-refractivity contribution in [2.45, 2.75) is 17.9 Å². The molecule has 0 aliphatic carbocycles. The maximum atomic E-state index is 12.5. The van der Waals surface area contributed by atoms with Gasteiger partial charge in [-0.3, -0.25) is 4.79 Å². The summed E-state index contributed by atoms with van der Waals surface area (Å²) in [6.07, 6.45) is 2.41. The molecule has 0 bridgehead atoms. The van der Waals surface area contributed by atoms with E-state index in [1.807, 2.05) is 25.2 Å². The predicted octanol–water partition coefficient (Wildman–Crippen LogP) is 3.38. The molecule has 4 nitrogen and oxygen atoms in total. The predicted molar refractivity (Wildman–Crippen MR) is 95.8 cm³/mol. The molecule has 0 unspecified atom stereocenters. The number of amides is 1. The van der Waals surface area contributed by atoms with Crippen LogP contribution in [0.25, 0.3) is 0 Å². The van der Waals surface area contributed by atoms with Gasteiger partial charge >= 0.3 is 0 Å². The number of carbonyl (C=O) groups is 1. The van der Waals surface area contributed by atoms with Crippen molar-refractivity contribution in [3.05, 3.63) is 53.6 Å². The Morgan fingerprint density at radius 1 is 1.04 bits per heavy atom. The van der Waals surface area contributed by atoms with Crippen molar-refractivity contribution in [1.29, 1.82) is 0 Å². The number of thioether (sulfide) groups is 1. The molecule has 0 radical (unpaired) electrons. The van der Waals surface area contributed by atoms with Crippen LogP contribution in [0.2, 0.25) is 0 Å². The molecule has 5 heteroatoms. The molecular formula is C19H21NO3S. The van der Waals surface area contributed by atoms with Crippen LogP contribution >= 0.6 is 11.8 Å². The fourth-order valence-corrected chi connectivity index (χ4v) is 3.01. The van der Waals surface area contributed by atoms with Crippen molar-refractivity contribution in [3.63, 3.8) is 0 Å². The molecule has 24 heavy (non-hydrogen) atoms. The highest BCUT2D eigenvalue weighted by Crippen LogP contribution is 2.31. The number of hydrogen-bond donors (Lipinski definition) is 0. The van der Waals surface area contributed by atoms with E-state index >= 15 is 0 Å². The maximum absolute atomic E-state index is 12.5. The molecule has 0 saturated carbocycles. The lowest BCUT2D eigenvalue weighted by atomic mass is 10.1. The van der Waals surface area contributed by atoms with Gasteiger partial charge in [0.1, 0.15) is 13.2 Å². The second-order valence-electron chi connectivity index (χ2n) is 5.75. The Kier molecular flexibility index (Phi) is 5.30. The van der Waals surface area contributed by atoms with Gasteiger partial charge in [0, 0.05) is 18.5 Å². The zero-order valence-electron chi connectivity index (χ0n) is 14.0. The number of fused-ring (bicyclic) bond motifs is 1. The van der Waals surface area contributed by atoms with Gasteiger partial charge in [-0.05, 0) is 41.6 Å². The second kappa shape index (κ2) is 7.62. The molecule has 2 aromatic carbocycles. The molecule has 126 valence electrons. The van der Waals surface area contributed by atoms with Gasteiger partial charge in [-0.1, -0.05) is 18.2 Å². The summed E-state index contributed by atoms with van der Waals surface area (Å²) in [6.45, 7) is 1.73.